The summed E-state index contributed by atoms with van der Waals surface area (Å²) >= 11 is 0. The van der Waals surface area contributed by atoms with Gasteiger partial charge < -0.3 is 10.5 Å². The number of fused-ring (bicyclic) bond motifs is 1. The molecule has 1 aromatic rings. The molecule has 110 valence electrons. The molecule has 0 saturated heterocycles. The van der Waals surface area contributed by atoms with Gasteiger partial charge in [-0.15, -0.1) is 0 Å². The second-order valence-electron chi connectivity index (χ2n) is 5.30. The molecule has 1 aromatic carbocycles. The molecule has 1 atom stereocenters. The first kappa shape index (κ1) is 13.7. The van der Waals surface area contributed by atoms with Crippen molar-refractivity contribution in [1.82, 2.24) is 4.72 Å². The molecule has 4 N–H and O–H groups in total. The maximum atomic E-state index is 11.6. The van der Waals surface area contributed by atoms with E-state index in [9.17, 15) is 8.42 Å². The van der Waals surface area contributed by atoms with Crippen LogP contribution in [-0.2, 0) is 10.2 Å². The van der Waals surface area contributed by atoms with Crippen molar-refractivity contribution >= 4 is 15.9 Å². The summed E-state index contributed by atoms with van der Waals surface area (Å²) in [7, 11) is -3.58. The largest absolute Gasteiger partial charge is 0.490 e. The molecule has 0 aromatic heterocycles. The van der Waals surface area contributed by atoms with Crippen molar-refractivity contribution in [3.8, 4) is 5.75 Å². The number of ether oxygens (including phenoxy) is 1. The van der Waals surface area contributed by atoms with Crippen LogP contribution in [0, 0.1) is 0 Å². The Kier molecular flexibility index (Phi) is 3.57. The van der Waals surface area contributed by atoms with Gasteiger partial charge in [0.15, 0.2) is 0 Å². The van der Waals surface area contributed by atoms with Gasteiger partial charge in [-0.25, -0.2) is 0 Å². The Balaban J connectivity index is 1.89. The highest BCUT2D eigenvalue weighted by atomic mass is 32.2. The number of nitrogens with two attached hydrogens (primary N) is 1. The van der Waals surface area contributed by atoms with Crippen molar-refractivity contribution in [2.75, 3.05) is 4.72 Å². The SMILES string of the molecule is NC1NS(=O)(=O)Nc2cccc(OC3CCCCC3)c21. The van der Waals surface area contributed by atoms with Gasteiger partial charge in [-0.05, 0) is 37.8 Å². The molecule has 0 bridgehead atoms. The minimum atomic E-state index is -3.58. The fraction of sp³-hybridized carbons (Fsp3) is 0.538. The van der Waals surface area contributed by atoms with E-state index < -0.39 is 16.4 Å². The van der Waals surface area contributed by atoms with Crippen LogP contribution in [0.25, 0.3) is 0 Å². The van der Waals surface area contributed by atoms with Crippen molar-refractivity contribution in [2.24, 2.45) is 5.73 Å². The second kappa shape index (κ2) is 5.23. The zero-order valence-corrected chi connectivity index (χ0v) is 11.9. The summed E-state index contributed by atoms with van der Waals surface area (Å²) in [6, 6.07) is 5.31. The first-order valence-electron chi connectivity index (χ1n) is 6.90. The maximum Gasteiger partial charge on any atom is 0.300 e. The Morgan fingerprint density at radius 1 is 1.20 bits per heavy atom. The fourth-order valence-electron chi connectivity index (χ4n) is 2.82. The quantitative estimate of drug-likeness (QED) is 0.773. The number of hydrogen-bond acceptors (Lipinski definition) is 4. The van der Waals surface area contributed by atoms with Crippen LogP contribution in [0.15, 0.2) is 18.2 Å². The normalized spacial score (nSPS) is 25.6. The van der Waals surface area contributed by atoms with E-state index in [0.29, 0.717) is 17.0 Å². The molecule has 1 aliphatic carbocycles. The molecule has 1 aliphatic heterocycles. The van der Waals surface area contributed by atoms with Crippen molar-refractivity contribution in [1.29, 1.82) is 0 Å². The Hall–Kier alpha value is -1.31. The van der Waals surface area contributed by atoms with Crippen LogP contribution in [0.2, 0.25) is 0 Å². The van der Waals surface area contributed by atoms with Crippen molar-refractivity contribution in [3.05, 3.63) is 23.8 Å². The minimum Gasteiger partial charge on any atom is -0.490 e. The van der Waals surface area contributed by atoms with Gasteiger partial charge >= 0.3 is 10.2 Å². The second-order valence-corrected chi connectivity index (χ2v) is 6.74. The van der Waals surface area contributed by atoms with Gasteiger partial charge in [0.05, 0.1) is 17.4 Å². The highest BCUT2D eigenvalue weighted by Crippen LogP contribution is 2.35. The molecule has 6 nitrogen and oxygen atoms in total. The van der Waals surface area contributed by atoms with Gasteiger partial charge in [0, 0.05) is 0 Å². The van der Waals surface area contributed by atoms with Gasteiger partial charge in [0.1, 0.15) is 11.9 Å². The Morgan fingerprint density at radius 3 is 2.70 bits per heavy atom. The number of anilines is 1. The van der Waals surface area contributed by atoms with Crippen molar-refractivity contribution in [3.63, 3.8) is 0 Å². The van der Waals surface area contributed by atoms with Gasteiger partial charge in [-0.3, -0.25) is 4.72 Å². The monoisotopic (exact) mass is 297 g/mol. The maximum absolute atomic E-state index is 11.6. The molecule has 1 saturated carbocycles. The number of benzene rings is 1. The molecule has 3 rings (SSSR count). The van der Waals surface area contributed by atoms with Crippen LogP contribution in [-0.4, -0.2) is 14.5 Å². The van der Waals surface area contributed by atoms with Crippen LogP contribution in [0.3, 0.4) is 0 Å². The van der Waals surface area contributed by atoms with Crippen LogP contribution in [0.4, 0.5) is 5.69 Å². The third kappa shape index (κ3) is 2.74. The molecule has 1 unspecified atom stereocenters. The van der Waals surface area contributed by atoms with E-state index in [1.807, 2.05) is 6.07 Å². The Labute approximate surface area is 118 Å². The zero-order chi connectivity index (χ0) is 14.2. The lowest BCUT2D eigenvalue weighted by Crippen LogP contribution is -2.42. The third-order valence-corrected chi connectivity index (χ3v) is 4.80. The van der Waals surface area contributed by atoms with Crippen LogP contribution in [0.5, 0.6) is 5.75 Å². The molecule has 0 radical (unpaired) electrons. The standard InChI is InChI=1S/C13H19N3O3S/c14-13-12-10(15-20(17,18)16-13)7-4-8-11(12)19-9-5-2-1-3-6-9/h4,7-9,13,15-16H,1-3,5-6,14H2. The van der Waals surface area contributed by atoms with E-state index >= 15 is 0 Å². The number of rotatable bonds is 2. The summed E-state index contributed by atoms with van der Waals surface area (Å²) in [5.41, 5.74) is 7.08. The number of nitrogens with one attached hydrogen (secondary N) is 2. The van der Waals surface area contributed by atoms with Crippen LogP contribution < -0.4 is 19.9 Å². The molecular weight excluding hydrogens is 278 g/mol. The molecule has 1 heterocycles. The lowest BCUT2D eigenvalue weighted by Gasteiger charge is -2.29. The van der Waals surface area contributed by atoms with Gasteiger partial charge in [-0.2, -0.15) is 13.1 Å². The average Bonchev–Trinajstić information content (AvgIpc) is 2.38. The van der Waals surface area contributed by atoms with Crippen LogP contribution in [0.1, 0.15) is 43.8 Å². The van der Waals surface area contributed by atoms with E-state index in [4.69, 9.17) is 10.5 Å². The summed E-state index contributed by atoms with van der Waals surface area (Å²) in [5.74, 6) is 0.664. The average molecular weight is 297 g/mol. The first-order chi connectivity index (χ1) is 9.55. The Morgan fingerprint density at radius 2 is 1.95 bits per heavy atom. The summed E-state index contributed by atoms with van der Waals surface area (Å²) in [6.07, 6.45) is 5.11. The molecule has 0 spiro atoms. The van der Waals surface area contributed by atoms with E-state index in [-0.39, 0.29) is 6.10 Å². The molecule has 1 fully saturated rings. The van der Waals surface area contributed by atoms with Crippen molar-refractivity contribution < 1.29 is 13.2 Å². The summed E-state index contributed by atoms with van der Waals surface area (Å²) in [4.78, 5) is 0. The smallest absolute Gasteiger partial charge is 0.300 e. The predicted molar refractivity (Wildman–Crippen MR) is 76.5 cm³/mol. The lowest BCUT2D eigenvalue weighted by atomic mass is 9.97. The zero-order valence-electron chi connectivity index (χ0n) is 11.1. The highest BCUT2D eigenvalue weighted by molar-refractivity contribution is 7.90. The number of hydrogen-bond donors (Lipinski definition) is 3. The highest BCUT2D eigenvalue weighted by Gasteiger charge is 2.29. The van der Waals surface area contributed by atoms with E-state index in [1.165, 1.54) is 19.3 Å². The molecule has 7 heteroatoms. The van der Waals surface area contributed by atoms with Gasteiger partial charge in [0.2, 0.25) is 0 Å². The first-order valence-corrected chi connectivity index (χ1v) is 8.39. The van der Waals surface area contributed by atoms with E-state index in [0.717, 1.165) is 12.8 Å². The lowest BCUT2D eigenvalue weighted by molar-refractivity contribution is 0.153. The predicted octanol–water partition coefficient (Wildman–Crippen LogP) is 1.62. The molecule has 0 amide bonds. The third-order valence-electron chi connectivity index (χ3n) is 3.75. The van der Waals surface area contributed by atoms with E-state index in [1.54, 1.807) is 12.1 Å². The Bertz CT molecular complexity index is 597. The van der Waals surface area contributed by atoms with Crippen LogP contribution >= 0.6 is 0 Å². The summed E-state index contributed by atoms with van der Waals surface area (Å²) < 4.78 is 34.0. The minimum absolute atomic E-state index is 0.195. The van der Waals surface area contributed by atoms with Gasteiger partial charge in [0.25, 0.3) is 0 Å². The van der Waals surface area contributed by atoms with Crippen molar-refractivity contribution in [2.45, 2.75) is 44.4 Å². The molecule has 20 heavy (non-hydrogen) atoms. The van der Waals surface area contributed by atoms with Gasteiger partial charge in [-0.1, -0.05) is 12.5 Å². The van der Waals surface area contributed by atoms with E-state index in [2.05, 4.69) is 9.44 Å². The molecular formula is C13H19N3O3S. The molecule has 2 aliphatic rings. The fourth-order valence-corrected chi connectivity index (χ4v) is 3.80. The summed E-state index contributed by atoms with van der Waals surface area (Å²) in [5, 5.41) is 0. The topological polar surface area (TPSA) is 93.5 Å². The summed E-state index contributed by atoms with van der Waals surface area (Å²) in [6.45, 7) is 0.